The minimum absolute atomic E-state index is 0.187. The molecule has 0 saturated heterocycles. The first-order chi connectivity index (χ1) is 11.3. The molecule has 0 aliphatic carbocycles. The number of hydrogen-bond donors (Lipinski definition) is 1. The molecule has 5 nitrogen and oxygen atoms in total. The molecule has 1 amide bonds. The van der Waals surface area contributed by atoms with E-state index in [1.54, 1.807) is 0 Å². The van der Waals surface area contributed by atoms with Crippen LogP contribution in [0, 0.1) is 0 Å². The molecule has 0 spiro atoms. The van der Waals surface area contributed by atoms with Gasteiger partial charge >= 0.3 is 12.1 Å². The first-order valence-corrected chi connectivity index (χ1v) is 9.34. The van der Waals surface area contributed by atoms with E-state index in [0.29, 0.717) is 0 Å². The number of hydrogen-bond acceptors (Lipinski definition) is 4. The van der Waals surface area contributed by atoms with E-state index in [2.05, 4.69) is 12.2 Å². The molecule has 0 aromatic rings. The monoisotopic (exact) mass is 343 g/mol. The zero-order valence-electron chi connectivity index (χ0n) is 16.3. The summed E-state index contributed by atoms with van der Waals surface area (Å²) in [5.41, 5.74) is -0.543. The van der Waals surface area contributed by atoms with Gasteiger partial charge in [0.05, 0.1) is 13.5 Å². The highest BCUT2D eigenvalue weighted by atomic mass is 16.6. The van der Waals surface area contributed by atoms with Crippen LogP contribution in [0.2, 0.25) is 0 Å². The van der Waals surface area contributed by atoms with E-state index in [1.807, 2.05) is 20.8 Å². The average molecular weight is 344 g/mol. The highest BCUT2D eigenvalue weighted by molar-refractivity contribution is 5.72. The number of nitrogens with one attached hydrogen (secondary N) is 1. The first-order valence-electron chi connectivity index (χ1n) is 9.34. The normalized spacial score (nSPS) is 12.5. The van der Waals surface area contributed by atoms with Gasteiger partial charge in [-0.2, -0.15) is 0 Å². The van der Waals surface area contributed by atoms with Crippen molar-refractivity contribution in [2.45, 2.75) is 104 Å². The zero-order chi connectivity index (χ0) is 18.4. The Morgan fingerprint density at radius 3 is 2.00 bits per heavy atom. The van der Waals surface area contributed by atoms with Crippen LogP contribution >= 0.6 is 0 Å². The minimum atomic E-state index is -0.543. The van der Waals surface area contributed by atoms with E-state index >= 15 is 0 Å². The summed E-state index contributed by atoms with van der Waals surface area (Å²) in [6.07, 6.45) is 10.3. The maximum atomic E-state index is 11.9. The van der Waals surface area contributed by atoms with Gasteiger partial charge in [0.25, 0.3) is 0 Å². The third-order valence-electron chi connectivity index (χ3n) is 3.77. The largest absolute Gasteiger partial charge is 0.469 e. The molecule has 0 radical (unpaired) electrons. The molecule has 0 fully saturated rings. The molecule has 142 valence electrons. The quantitative estimate of drug-likeness (QED) is 0.401. The lowest BCUT2D eigenvalue weighted by atomic mass is 10.0. The molecule has 0 aliphatic rings. The van der Waals surface area contributed by atoms with E-state index in [0.717, 1.165) is 19.3 Å². The lowest BCUT2D eigenvalue weighted by Gasteiger charge is -2.23. The summed E-state index contributed by atoms with van der Waals surface area (Å²) in [4.78, 5) is 23.4. The molecule has 1 atom stereocenters. The van der Waals surface area contributed by atoms with Crippen LogP contribution in [0.4, 0.5) is 4.79 Å². The maximum Gasteiger partial charge on any atom is 0.407 e. The van der Waals surface area contributed by atoms with Crippen LogP contribution in [0.25, 0.3) is 0 Å². The van der Waals surface area contributed by atoms with Crippen molar-refractivity contribution >= 4 is 12.1 Å². The molecule has 0 aliphatic heterocycles. The Morgan fingerprint density at radius 2 is 1.50 bits per heavy atom. The van der Waals surface area contributed by atoms with Crippen LogP contribution in [0.5, 0.6) is 0 Å². The SMILES string of the molecule is CCCCCCCCCCC(CC(=O)OC)NC(=O)OC(C)(C)C. The van der Waals surface area contributed by atoms with E-state index in [-0.39, 0.29) is 18.4 Å². The number of methoxy groups -OCH3 is 1. The van der Waals surface area contributed by atoms with Crippen LogP contribution in [0.1, 0.15) is 91.9 Å². The fraction of sp³-hybridized carbons (Fsp3) is 0.895. The summed E-state index contributed by atoms with van der Waals surface area (Å²) in [7, 11) is 1.36. The summed E-state index contributed by atoms with van der Waals surface area (Å²) in [5.74, 6) is -0.310. The Balaban J connectivity index is 4.09. The van der Waals surface area contributed by atoms with Gasteiger partial charge in [0.2, 0.25) is 0 Å². The molecular weight excluding hydrogens is 306 g/mol. The Hall–Kier alpha value is -1.26. The molecule has 1 N–H and O–H groups in total. The second-order valence-corrected chi connectivity index (χ2v) is 7.39. The van der Waals surface area contributed by atoms with Gasteiger partial charge < -0.3 is 14.8 Å². The van der Waals surface area contributed by atoms with Gasteiger partial charge in [-0.05, 0) is 27.2 Å². The van der Waals surface area contributed by atoms with E-state index < -0.39 is 11.7 Å². The predicted octanol–water partition coefficient (Wildman–Crippen LogP) is 4.97. The lowest BCUT2D eigenvalue weighted by Crippen LogP contribution is -2.40. The molecule has 0 rings (SSSR count). The third-order valence-corrected chi connectivity index (χ3v) is 3.77. The van der Waals surface area contributed by atoms with Crippen molar-refractivity contribution in [3.63, 3.8) is 0 Å². The molecule has 5 heteroatoms. The second kappa shape index (κ2) is 13.1. The van der Waals surface area contributed by atoms with Crippen molar-refractivity contribution in [1.82, 2.24) is 5.32 Å². The smallest absolute Gasteiger partial charge is 0.407 e. The van der Waals surface area contributed by atoms with E-state index in [9.17, 15) is 9.59 Å². The van der Waals surface area contributed by atoms with Gasteiger partial charge in [-0.15, -0.1) is 0 Å². The van der Waals surface area contributed by atoms with Crippen molar-refractivity contribution in [3.8, 4) is 0 Å². The average Bonchev–Trinajstić information content (AvgIpc) is 2.47. The van der Waals surface area contributed by atoms with E-state index in [4.69, 9.17) is 9.47 Å². The van der Waals surface area contributed by atoms with Gasteiger partial charge in [-0.3, -0.25) is 4.79 Å². The van der Waals surface area contributed by atoms with Crippen molar-refractivity contribution < 1.29 is 19.1 Å². The first kappa shape index (κ1) is 22.7. The molecule has 0 bridgehead atoms. The Kier molecular flexibility index (Phi) is 12.4. The summed E-state index contributed by atoms with van der Waals surface area (Å²) >= 11 is 0. The van der Waals surface area contributed by atoms with Gasteiger partial charge in [0.1, 0.15) is 5.60 Å². The molecular formula is C19H37NO4. The lowest BCUT2D eigenvalue weighted by molar-refractivity contribution is -0.141. The number of esters is 1. The van der Waals surface area contributed by atoms with Crippen molar-refractivity contribution in [1.29, 1.82) is 0 Å². The van der Waals surface area contributed by atoms with Gasteiger partial charge in [0.15, 0.2) is 0 Å². The zero-order valence-corrected chi connectivity index (χ0v) is 16.3. The standard InChI is InChI=1S/C19H37NO4/c1-6-7-8-9-10-11-12-13-14-16(15-17(21)23-5)20-18(22)24-19(2,3)4/h16H,6-15H2,1-5H3,(H,20,22). The number of ether oxygens (including phenoxy) is 2. The van der Waals surface area contributed by atoms with Crippen LogP contribution in [-0.4, -0.2) is 30.8 Å². The molecule has 0 saturated carbocycles. The van der Waals surface area contributed by atoms with Gasteiger partial charge in [-0.25, -0.2) is 4.79 Å². The highest BCUT2D eigenvalue weighted by Gasteiger charge is 2.21. The van der Waals surface area contributed by atoms with Crippen molar-refractivity contribution in [2.24, 2.45) is 0 Å². The summed E-state index contributed by atoms with van der Waals surface area (Å²) in [6, 6.07) is -0.229. The second-order valence-electron chi connectivity index (χ2n) is 7.39. The molecule has 24 heavy (non-hydrogen) atoms. The van der Waals surface area contributed by atoms with Crippen LogP contribution in [0.15, 0.2) is 0 Å². The van der Waals surface area contributed by atoms with Gasteiger partial charge in [0, 0.05) is 6.04 Å². The minimum Gasteiger partial charge on any atom is -0.469 e. The van der Waals surface area contributed by atoms with Crippen LogP contribution in [0.3, 0.4) is 0 Å². The van der Waals surface area contributed by atoms with Gasteiger partial charge in [-0.1, -0.05) is 58.3 Å². The van der Waals surface area contributed by atoms with E-state index in [1.165, 1.54) is 45.6 Å². The molecule has 0 aromatic carbocycles. The highest BCUT2D eigenvalue weighted by Crippen LogP contribution is 2.13. The number of unbranched alkanes of at least 4 members (excludes halogenated alkanes) is 7. The number of amides is 1. The number of alkyl carbamates (subject to hydrolysis) is 1. The fourth-order valence-corrected chi connectivity index (χ4v) is 2.51. The topological polar surface area (TPSA) is 64.6 Å². The van der Waals surface area contributed by atoms with Crippen molar-refractivity contribution in [3.05, 3.63) is 0 Å². The number of rotatable bonds is 12. The number of carbonyl (C=O) groups is 2. The van der Waals surface area contributed by atoms with Crippen LogP contribution < -0.4 is 5.32 Å². The Morgan fingerprint density at radius 1 is 0.958 bits per heavy atom. The predicted molar refractivity (Wildman–Crippen MR) is 97.0 cm³/mol. The Labute approximate surface area is 147 Å². The van der Waals surface area contributed by atoms with Crippen molar-refractivity contribution in [2.75, 3.05) is 7.11 Å². The Bertz CT molecular complexity index is 350. The third kappa shape index (κ3) is 14.3. The molecule has 1 unspecified atom stereocenters. The number of carbonyl (C=O) groups excluding carboxylic acids is 2. The molecule has 0 aromatic heterocycles. The fourth-order valence-electron chi connectivity index (χ4n) is 2.51. The summed E-state index contributed by atoms with van der Waals surface area (Å²) in [5, 5.41) is 2.80. The molecule has 0 heterocycles. The summed E-state index contributed by atoms with van der Waals surface area (Å²) < 4.78 is 9.98. The van der Waals surface area contributed by atoms with Crippen LogP contribution in [-0.2, 0) is 14.3 Å². The maximum absolute atomic E-state index is 11.9. The summed E-state index contributed by atoms with van der Waals surface area (Å²) in [6.45, 7) is 7.68.